The molecule has 0 amide bonds. The van der Waals surface area contributed by atoms with E-state index in [9.17, 15) is 0 Å². The number of rotatable bonds is 1. The van der Waals surface area contributed by atoms with E-state index in [4.69, 9.17) is 4.74 Å². The standard InChI is InChI=1S/C16H16OS/c1-11-12(2)16(18-13(11)3)10-7-14-5-8-15(17-4)9-6-14/h5-6,8-9H,1-4H3. The molecular formula is C16H16OS. The van der Waals surface area contributed by atoms with Crippen molar-refractivity contribution in [3.05, 3.63) is 50.7 Å². The highest BCUT2D eigenvalue weighted by atomic mass is 32.1. The maximum atomic E-state index is 5.12. The molecule has 0 spiro atoms. The van der Waals surface area contributed by atoms with E-state index < -0.39 is 0 Å². The highest BCUT2D eigenvalue weighted by molar-refractivity contribution is 7.12. The van der Waals surface area contributed by atoms with Crippen LogP contribution < -0.4 is 4.74 Å². The van der Waals surface area contributed by atoms with Gasteiger partial charge >= 0.3 is 0 Å². The van der Waals surface area contributed by atoms with Crippen molar-refractivity contribution < 1.29 is 4.74 Å². The minimum absolute atomic E-state index is 0.861. The fourth-order valence-corrected chi connectivity index (χ4v) is 2.68. The highest BCUT2D eigenvalue weighted by Crippen LogP contribution is 2.25. The van der Waals surface area contributed by atoms with Gasteiger partial charge in [0.2, 0.25) is 0 Å². The van der Waals surface area contributed by atoms with Crippen molar-refractivity contribution in [1.82, 2.24) is 0 Å². The lowest BCUT2D eigenvalue weighted by Crippen LogP contribution is -1.82. The minimum atomic E-state index is 0.861. The van der Waals surface area contributed by atoms with Crippen LogP contribution in [0.4, 0.5) is 0 Å². The van der Waals surface area contributed by atoms with Gasteiger partial charge < -0.3 is 4.74 Å². The highest BCUT2D eigenvalue weighted by Gasteiger charge is 2.05. The first-order valence-corrected chi connectivity index (χ1v) is 6.66. The number of benzene rings is 1. The molecule has 0 N–H and O–H groups in total. The molecule has 18 heavy (non-hydrogen) atoms. The molecule has 0 saturated heterocycles. The number of aryl methyl sites for hydroxylation is 1. The van der Waals surface area contributed by atoms with Gasteiger partial charge in [0.05, 0.1) is 12.0 Å². The van der Waals surface area contributed by atoms with Gasteiger partial charge in [-0.1, -0.05) is 11.8 Å². The summed E-state index contributed by atoms with van der Waals surface area (Å²) in [6.45, 7) is 6.43. The van der Waals surface area contributed by atoms with Gasteiger partial charge in [0, 0.05) is 10.4 Å². The molecule has 2 rings (SSSR count). The van der Waals surface area contributed by atoms with Crippen LogP contribution in [0.15, 0.2) is 24.3 Å². The van der Waals surface area contributed by atoms with Crippen LogP contribution in [0.3, 0.4) is 0 Å². The van der Waals surface area contributed by atoms with Crippen LogP contribution in [0.25, 0.3) is 0 Å². The predicted octanol–water partition coefficient (Wildman–Crippen LogP) is 4.08. The molecule has 0 radical (unpaired) electrons. The van der Waals surface area contributed by atoms with Gasteiger partial charge in [0.25, 0.3) is 0 Å². The summed E-state index contributed by atoms with van der Waals surface area (Å²) >= 11 is 1.77. The van der Waals surface area contributed by atoms with Crippen LogP contribution >= 0.6 is 11.3 Å². The molecular weight excluding hydrogens is 240 g/mol. The predicted molar refractivity (Wildman–Crippen MR) is 77.5 cm³/mol. The number of hydrogen-bond donors (Lipinski definition) is 0. The Kier molecular flexibility index (Phi) is 3.74. The number of methoxy groups -OCH3 is 1. The zero-order valence-electron chi connectivity index (χ0n) is 11.1. The second-order valence-electron chi connectivity index (χ2n) is 4.22. The average Bonchev–Trinajstić information content (AvgIpc) is 2.64. The van der Waals surface area contributed by atoms with E-state index in [0.717, 1.165) is 11.3 Å². The van der Waals surface area contributed by atoms with E-state index in [1.54, 1.807) is 18.4 Å². The van der Waals surface area contributed by atoms with Crippen LogP contribution in [0.1, 0.15) is 26.4 Å². The first-order valence-electron chi connectivity index (χ1n) is 5.84. The summed E-state index contributed by atoms with van der Waals surface area (Å²) < 4.78 is 5.12. The summed E-state index contributed by atoms with van der Waals surface area (Å²) in [5.74, 6) is 7.32. The molecule has 1 aromatic heterocycles. The molecule has 1 aromatic carbocycles. The van der Waals surface area contributed by atoms with Crippen molar-refractivity contribution in [1.29, 1.82) is 0 Å². The Morgan fingerprint density at radius 3 is 2.11 bits per heavy atom. The van der Waals surface area contributed by atoms with E-state index in [-0.39, 0.29) is 0 Å². The molecule has 0 fully saturated rings. The van der Waals surface area contributed by atoms with Crippen molar-refractivity contribution in [2.24, 2.45) is 0 Å². The van der Waals surface area contributed by atoms with Gasteiger partial charge in [-0.2, -0.15) is 0 Å². The Morgan fingerprint density at radius 1 is 0.944 bits per heavy atom. The van der Waals surface area contributed by atoms with Gasteiger partial charge in [-0.3, -0.25) is 0 Å². The average molecular weight is 256 g/mol. The van der Waals surface area contributed by atoms with Crippen LogP contribution in [0.2, 0.25) is 0 Å². The lowest BCUT2D eigenvalue weighted by Gasteiger charge is -1.97. The van der Waals surface area contributed by atoms with Crippen molar-refractivity contribution in [3.8, 4) is 17.6 Å². The fourth-order valence-electron chi connectivity index (χ4n) is 1.66. The monoisotopic (exact) mass is 256 g/mol. The number of thiophene rings is 1. The van der Waals surface area contributed by atoms with Gasteiger partial charge in [0.15, 0.2) is 0 Å². The lowest BCUT2D eigenvalue weighted by atomic mass is 10.1. The van der Waals surface area contributed by atoms with Crippen molar-refractivity contribution in [2.75, 3.05) is 7.11 Å². The Hall–Kier alpha value is -1.72. The zero-order valence-corrected chi connectivity index (χ0v) is 11.9. The Balaban J connectivity index is 2.28. The zero-order chi connectivity index (χ0) is 13.1. The van der Waals surface area contributed by atoms with Crippen molar-refractivity contribution >= 4 is 11.3 Å². The first kappa shape index (κ1) is 12.7. The van der Waals surface area contributed by atoms with Crippen molar-refractivity contribution in [3.63, 3.8) is 0 Å². The molecule has 92 valence electrons. The molecule has 0 aliphatic heterocycles. The largest absolute Gasteiger partial charge is 0.497 e. The molecule has 0 atom stereocenters. The van der Waals surface area contributed by atoms with Crippen LogP contribution in [-0.4, -0.2) is 7.11 Å². The quantitative estimate of drug-likeness (QED) is 0.699. The Morgan fingerprint density at radius 2 is 1.61 bits per heavy atom. The second-order valence-corrected chi connectivity index (χ2v) is 5.44. The van der Waals surface area contributed by atoms with Gasteiger partial charge in [0.1, 0.15) is 5.75 Å². The molecule has 1 nitrogen and oxygen atoms in total. The molecule has 0 aliphatic carbocycles. The molecule has 0 unspecified atom stereocenters. The summed E-state index contributed by atoms with van der Waals surface area (Å²) in [7, 11) is 1.67. The van der Waals surface area contributed by atoms with Gasteiger partial charge in [-0.15, -0.1) is 11.3 Å². The van der Waals surface area contributed by atoms with E-state index in [0.29, 0.717) is 0 Å². The third-order valence-corrected chi connectivity index (χ3v) is 4.32. The fraction of sp³-hybridized carbons (Fsp3) is 0.250. The molecule has 0 bridgehead atoms. The van der Waals surface area contributed by atoms with E-state index in [1.807, 2.05) is 24.3 Å². The molecule has 1 heterocycles. The molecule has 0 saturated carbocycles. The summed E-state index contributed by atoms with van der Waals surface area (Å²) in [5, 5.41) is 0. The third-order valence-electron chi connectivity index (χ3n) is 3.10. The maximum Gasteiger partial charge on any atom is 0.118 e. The van der Waals surface area contributed by atoms with E-state index in [2.05, 4.69) is 32.6 Å². The van der Waals surface area contributed by atoms with Crippen LogP contribution in [0, 0.1) is 32.6 Å². The molecule has 2 heteroatoms. The summed E-state index contributed by atoms with van der Waals surface area (Å²) in [6.07, 6.45) is 0. The molecule has 0 aliphatic rings. The van der Waals surface area contributed by atoms with Gasteiger partial charge in [-0.25, -0.2) is 0 Å². The molecule has 2 aromatic rings. The maximum absolute atomic E-state index is 5.12. The lowest BCUT2D eigenvalue weighted by molar-refractivity contribution is 0.415. The van der Waals surface area contributed by atoms with Crippen LogP contribution in [0.5, 0.6) is 5.75 Å². The topological polar surface area (TPSA) is 9.23 Å². The van der Waals surface area contributed by atoms with E-state index in [1.165, 1.54) is 20.9 Å². The summed E-state index contributed by atoms with van der Waals surface area (Å²) in [5.41, 5.74) is 3.68. The normalized spacial score (nSPS) is 9.78. The minimum Gasteiger partial charge on any atom is -0.497 e. The number of ether oxygens (including phenoxy) is 1. The Bertz CT molecular complexity index is 609. The second kappa shape index (κ2) is 5.29. The summed E-state index contributed by atoms with van der Waals surface area (Å²) in [6, 6.07) is 7.83. The Labute approximate surface area is 112 Å². The summed E-state index contributed by atoms with van der Waals surface area (Å²) in [4.78, 5) is 2.52. The van der Waals surface area contributed by atoms with E-state index >= 15 is 0 Å². The first-order chi connectivity index (χ1) is 8.61. The van der Waals surface area contributed by atoms with Crippen molar-refractivity contribution in [2.45, 2.75) is 20.8 Å². The SMILES string of the molecule is COc1ccc(C#Cc2sc(C)c(C)c2C)cc1. The van der Waals surface area contributed by atoms with Gasteiger partial charge in [-0.05, 0) is 56.2 Å². The smallest absolute Gasteiger partial charge is 0.118 e. The van der Waals surface area contributed by atoms with Crippen LogP contribution in [-0.2, 0) is 0 Å². The third kappa shape index (κ3) is 2.57. The number of hydrogen-bond acceptors (Lipinski definition) is 2.